The summed E-state index contributed by atoms with van der Waals surface area (Å²) in [6.45, 7) is 7.48. The summed E-state index contributed by atoms with van der Waals surface area (Å²) in [5.41, 5.74) is -0.0284. The van der Waals surface area contributed by atoms with Crippen LogP contribution in [0.3, 0.4) is 0 Å². The molecule has 1 saturated heterocycles. The van der Waals surface area contributed by atoms with Gasteiger partial charge in [-0.3, -0.25) is 0 Å². The van der Waals surface area contributed by atoms with E-state index >= 15 is 0 Å². The maximum Gasteiger partial charge on any atom is 0.149 e. The van der Waals surface area contributed by atoms with Crippen LogP contribution in [0, 0.1) is 11.6 Å². The van der Waals surface area contributed by atoms with Gasteiger partial charge in [0.1, 0.15) is 17.3 Å². The molecule has 2 nitrogen and oxygen atoms in total. The molecule has 1 aromatic rings. The first-order chi connectivity index (χ1) is 8.44. The highest BCUT2D eigenvalue weighted by Crippen LogP contribution is 2.29. The molecule has 0 bridgehead atoms. The summed E-state index contributed by atoms with van der Waals surface area (Å²) in [6, 6.07) is 4.17. The summed E-state index contributed by atoms with van der Waals surface area (Å²) in [6.07, 6.45) is 0.858. The minimum atomic E-state index is -0.480. The van der Waals surface area contributed by atoms with Crippen LogP contribution in [-0.2, 0) is 0 Å². The summed E-state index contributed by atoms with van der Waals surface area (Å²) in [7, 11) is 0. The zero-order valence-corrected chi connectivity index (χ0v) is 11.1. The number of hydrogen-bond donors (Lipinski definition) is 1. The van der Waals surface area contributed by atoms with Crippen molar-refractivity contribution < 1.29 is 8.78 Å². The van der Waals surface area contributed by atoms with Crippen LogP contribution in [0.2, 0.25) is 0 Å². The number of nitrogens with one attached hydrogen (secondary N) is 1. The molecule has 0 amide bonds. The van der Waals surface area contributed by atoms with Gasteiger partial charge in [0.15, 0.2) is 0 Å². The third-order valence-corrected chi connectivity index (χ3v) is 3.52. The lowest BCUT2D eigenvalue weighted by molar-refractivity contribution is 0.302. The number of para-hydroxylation sites is 1. The van der Waals surface area contributed by atoms with Crippen LogP contribution >= 0.6 is 0 Å². The molecular weight excluding hydrogens is 234 g/mol. The minimum absolute atomic E-state index is 0.110. The van der Waals surface area contributed by atoms with E-state index in [2.05, 4.69) is 5.32 Å². The van der Waals surface area contributed by atoms with Crippen LogP contribution in [0.25, 0.3) is 0 Å². The lowest BCUT2D eigenvalue weighted by atomic mass is 9.96. The Balaban J connectivity index is 2.39. The number of hydrogen-bond acceptors (Lipinski definition) is 2. The van der Waals surface area contributed by atoms with Crippen molar-refractivity contribution in [3.05, 3.63) is 29.8 Å². The average Bonchev–Trinajstić information content (AvgIpc) is 2.28. The van der Waals surface area contributed by atoms with Gasteiger partial charge in [-0.15, -0.1) is 0 Å². The number of halogens is 2. The van der Waals surface area contributed by atoms with E-state index in [1.54, 1.807) is 0 Å². The molecule has 18 heavy (non-hydrogen) atoms. The van der Waals surface area contributed by atoms with Crippen molar-refractivity contribution in [2.24, 2.45) is 0 Å². The number of rotatable bonds is 2. The molecule has 1 fully saturated rings. The van der Waals surface area contributed by atoms with Gasteiger partial charge in [0.25, 0.3) is 0 Å². The second kappa shape index (κ2) is 4.84. The Morgan fingerprint density at radius 1 is 1.33 bits per heavy atom. The maximum absolute atomic E-state index is 13.9. The molecule has 1 N–H and O–H groups in total. The van der Waals surface area contributed by atoms with Crippen LogP contribution in [0.15, 0.2) is 18.2 Å². The number of benzene rings is 1. The predicted octanol–water partition coefficient (Wildman–Crippen LogP) is 2.93. The highest BCUT2D eigenvalue weighted by atomic mass is 19.1. The first-order valence-electron chi connectivity index (χ1n) is 6.40. The molecule has 1 heterocycles. The Bertz CT molecular complexity index is 412. The second-order valence-corrected chi connectivity index (χ2v) is 5.53. The van der Waals surface area contributed by atoms with E-state index in [0.717, 1.165) is 13.0 Å². The smallest absolute Gasteiger partial charge is 0.149 e. The lowest BCUT2D eigenvalue weighted by Gasteiger charge is -2.45. The van der Waals surface area contributed by atoms with Crippen LogP contribution in [0.5, 0.6) is 0 Å². The van der Waals surface area contributed by atoms with Gasteiger partial charge < -0.3 is 10.2 Å². The normalized spacial score (nSPS) is 23.2. The molecule has 1 unspecified atom stereocenters. The molecule has 0 aliphatic carbocycles. The van der Waals surface area contributed by atoms with Crippen molar-refractivity contribution in [1.82, 2.24) is 5.32 Å². The maximum atomic E-state index is 13.9. The van der Waals surface area contributed by atoms with Crippen molar-refractivity contribution in [2.75, 3.05) is 18.0 Å². The molecule has 1 atom stereocenters. The van der Waals surface area contributed by atoms with Crippen molar-refractivity contribution in [3.8, 4) is 0 Å². The van der Waals surface area contributed by atoms with E-state index in [1.807, 2.05) is 25.7 Å². The van der Waals surface area contributed by atoms with Gasteiger partial charge >= 0.3 is 0 Å². The zero-order valence-electron chi connectivity index (χ0n) is 11.1. The fourth-order valence-corrected chi connectivity index (χ4v) is 2.50. The Kier molecular flexibility index (Phi) is 3.57. The summed E-state index contributed by atoms with van der Waals surface area (Å²) >= 11 is 0. The minimum Gasteiger partial charge on any atom is -0.361 e. The van der Waals surface area contributed by atoms with Crippen molar-refractivity contribution >= 4 is 5.69 Å². The van der Waals surface area contributed by atoms with Gasteiger partial charge in [-0.25, -0.2) is 8.78 Å². The average molecular weight is 254 g/mol. The van der Waals surface area contributed by atoms with E-state index in [4.69, 9.17) is 0 Å². The summed E-state index contributed by atoms with van der Waals surface area (Å²) < 4.78 is 27.8. The Morgan fingerprint density at radius 2 is 1.94 bits per heavy atom. The molecule has 1 aromatic carbocycles. The molecule has 0 radical (unpaired) electrons. The Hall–Kier alpha value is -1.16. The standard InChI is InChI=1S/C14H20F2N2/c1-4-10-8-17-14(2,3)9-18(10)13-11(15)6-5-7-12(13)16/h5-7,10,17H,4,8-9H2,1-3H3. The number of anilines is 1. The first kappa shape index (κ1) is 13.3. The molecule has 0 aromatic heterocycles. The van der Waals surface area contributed by atoms with E-state index in [-0.39, 0.29) is 17.3 Å². The van der Waals surface area contributed by atoms with Gasteiger partial charge in [-0.1, -0.05) is 13.0 Å². The van der Waals surface area contributed by atoms with Crippen LogP contribution in [-0.4, -0.2) is 24.7 Å². The topological polar surface area (TPSA) is 15.3 Å². The van der Waals surface area contributed by atoms with Gasteiger partial charge in [0.2, 0.25) is 0 Å². The first-order valence-corrected chi connectivity index (χ1v) is 6.40. The monoisotopic (exact) mass is 254 g/mol. The molecule has 0 saturated carbocycles. The van der Waals surface area contributed by atoms with E-state index in [1.165, 1.54) is 18.2 Å². The largest absolute Gasteiger partial charge is 0.361 e. The summed E-state index contributed by atoms with van der Waals surface area (Å²) in [4.78, 5) is 1.86. The molecule has 0 spiro atoms. The molecule has 100 valence electrons. The number of piperazine rings is 1. The van der Waals surface area contributed by atoms with E-state index in [0.29, 0.717) is 6.54 Å². The fourth-order valence-electron chi connectivity index (χ4n) is 2.50. The molecule has 4 heteroatoms. The van der Waals surface area contributed by atoms with Crippen molar-refractivity contribution in [1.29, 1.82) is 0 Å². The van der Waals surface area contributed by atoms with Gasteiger partial charge in [-0.05, 0) is 32.4 Å². The van der Waals surface area contributed by atoms with Crippen molar-refractivity contribution in [3.63, 3.8) is 0 Å². The molecule has 2 rings (SSSR count). The predicted molar refractivity (Wildman–Crippen MR) is 69.9 cm³/mol. The van der Waals surface area contributed by atoms with Crippen LogP contribution in [0.4, 0.5) is 14.5 Å². The van der Waals surface area contributed by atoms with Crippen molar-refractivity contribution in [2.45, 2.75) is 38.8 Å². The second-order valence-electron chi connectivity index (χ2n) is 5.53. The van der Waals surface area contributed by atoms with Gasteiger partial charge in [0.05, 0.1) is 0 Å². The summed E-state index contributed by atoms with van der Waals surface area (Å²) in [5.74, 6) is -0.961. The fraction of sp³-hybridized carbons (Fsp3) is 0.571. The molecule has 1 aliphatic heterocycles. The summed E-state index contributed by atoms with van der Waals surface area (Å²) in [5, 5.41) is 3.41. The quantitative estimate of drug-likeness (QED) is 0.873. The Morgan fingerprint density at radius 3 is 2.50 bits per heavy atom. The lowest BCUT2D eigenvalue weighted by Crippen LogP contribution is -2.62. The molecular formula is C14H20F2N2. The van der Waals surface area contributed by atoms with Gasteiger partial charge in [-0.2, -0.15) is 0 Å². The third-order valence-electron chi connectivity index (χ3n) is 3.52. The highest BCUT2D eigenvalue weighted by Gasteiger charge is 2.34. The third kappa shape index (κ3) is 2.48. The van der Waals surface area contributed by atoms with Crippen LogP contribution < -0.4 is 10.2 Å². The highest BCUT2D eigenvalue weighted by molar-refractivity contribution is 5.51. The van der Waals surface area contributed by atoms with Gasteiger partial charge in [0, 0.05) is 24.7 Å². The number of nitrogens with zero attached hydrogens (tertiary/aromatic N) is 1. The zero-order chi connectivity index (χ0) is 13.3. The SMILES string of the molecule is CCC1CNC(C)(C)CN1c1c(F)cccc1F. The van der Waals surface area contributed by atoms with Crippen LogP contribution in [0.1, 0.15) is 27.2 Å². The van der Waals surface area contributed by atoms with E-state index < -0.39 is 11.6 Å². The van der Waals surface area contributed by atoms with E-state index in [9.17, 15) is 8.78 Å². The Labute approximate surface area is 107 Å². The molecule has 1 aliphatic rings.